The van der Waals surface area contributed by atoms with Gasteiger partial charge in [0.2, 0.25) is 0 Å². The molecule has 1 rings (SSSR count). The zero-order valence-electron chi connectivity index (χ0n) is 9.16. The lowest BCUT2D eigenvalue weighted by atomic mass is 10.2. The number of benzene rings is 1. The fraction of sp³-hybridized carbons (Fsp3) is 0.182. The van der Waals surface area contributed by atoms with Gasteiger partial charge in [-0.1, -0.05) is 18.2 Å². The molecule has 0 amide bonds. The van der Waals surface area contributed by atoms with Crippen molar-refractivity contribution in [2.75, 3.05) is 6.61 Å². The molecule has 1 N–H and O–H groups in total. The van der Waals surface area contributed by atoms with Gasteiger partial charge in [-0.15, -0.1) is 0 Å². The van der Waals surface area contributed by atoms with E-state index in [-0.39, 0.29) is 17.1 Å². The number of carbonyl (C=O) groups is 1. The van der Waals surface area contributed by atoms with E-state index in [1.54, 1.807) is 13.0 Å². The van der Waals surface area contributed by atoms with Gasteiger partial charge in [0.05, 0.1) is 6.61 Å². The van der Waals surface area contributed by atoms with Crippen molar-refractivity contribution in [2.24, 2.45) is 0 Å². The third-order valence-corrected chi connectivity index (χ3v) is 2.81. The Bertz CT molecular complexity index is 531. The Morgan fingerprint density at radius 3 is 2.65 bits per heavy atom. The van der Waals surface area contributed by atoms with Crippen molar-refractivity contribution >= 4 is 22.2 Å². The third kappa shape index (κ3) is 4.01. The first-order chi connectivity index (χ1) is 7.95. The van der Waals surface area contributed by atoms with Crippen molar-refractivity contribution in [3.8, 4) is 0 Å². The van der Waals surface area contributed by atoms with Gasteiger partial charge in [-0.3, -0.25) is 4.55 Å². The van der Waals surface area contributed by atoms with Gasteiger partial charge in [0.25, 0.3) is 10.1 Å². The monoisotopic (exact) mass is 256 g/mol. The standard InChI is InChI=1S/C11H12O5S/c1-2-16-11(12)8-7-9-5-3-4-6-10(9)17(13,14)15/h3-8H,2H2,1H3,(H,13,14,15)/b8-7+. The van der Waals surface area contributed by atoms with E-state index in [4.69, 9.17) is 4.55 Å². The summed E-state index contributed by atoms with van der Waals surface area (Å²) in [5, 5.41) is 0. The second kappa shape index (κ2) is 5.60. The molecular weight excluding hydrogens is 244 g/mol. The molecule has 0 aliphatic heterocycles. The largest absolute Gasteiger partial charge is 0.463 e. The van der Waals surface area contributed by atoms with Crippen molar-refractivity contribution in [3.63, 3.8) is 0 Å². The number of hydrogen-bond donors (Lipinski definition) is 1. The molecule has 0 aliphatic rings. The highest BCUT2D eigenvalue weighted by atomic mass is 32.2. The number of rotatable bonds is 4. The molecule has 5 nitrogen and oxygen atoms in total. The van der Waals surface area contributed by atoms with Gasteiger partial charge >= 0.3 is 5.97 Å². The first-order valence-corrected chi connectivity index (χ1v) is 6.30. The van der Waals surface area contributed by atoms with Crippen LogP contribution in [0.15, 0.2) is 35.2 Å². The molecule has 0 radical (unpaired) electrons. The van der Waals surface area contributed by atoms with E-state index < -0.39 is 16.1 Å². The fourth-order valence-electron chi connectivity index (χ4n) is 1.20. The third-order valence-electron chi connectivity index (χ3n) is 1.88. The SMILES string of the molecule is CCOC(=O)/C=C/c1ccccc1S(=O)(=O)O. The maximum absolute atomic E-state index is 11.1. The van der Waals surface area contributed by atoms with Crippen LogP contribution in [0.25, 0.3) is 6.08 Å². The quantitative estimate of drug-likeness (QED) is 0.501. The van der Waals surface area contributed by atoms with Crippen LogP contribution in [0, 0.1) is 0 Å². The molecule has 0 fully saturated rings. The number of carbonyl (C=O) groups excluding carboxylic acids is 1. The molecule has 0 saturated heterocycles. The Kier molecular flexibility index (Phi) is 4.42. The van der Waals surface area contributed by atoms with Crippen molar-refractivity contribution in [1.29, 1.82) is 0 Å². The average Bonchev–Trinajstić information content (AvgIpc) is 2.26. The van der Waals surface area contributed by atoms with E-state index in [0.29, 0.717) is 0 Å². The summed E-state index contributed by atoms with van der Waals surface area (Å²) >= 11 is 0. The van der Waals surface area contributed by atoms with Crippen molar-refractivity contribution in [1.82, 2.24) is 0 Å². The molecular formula is C11H12O5S. The molecule has 1 aromatic rings. The van der Waals surface area contributed by atoms with Gasteiger partial charge in [0.15, 0.2) is 0 Å². The maximum atomic E-state index is 11.1. The minimum atomic E-state index is -4.30. The van der Waals surface area contributed by atoms with Crippen LogP contribution < -0.4 is 0 Å². The molecule has 0 aliphatic carbocycles. The molecule has 0 heterocycles. The maximum Gasteiger partial charge on any atom is 0.330 e. The molecule has 0 aromatic heterocycles. The first kappa shape index (κ1) is 13.4. The van der Waals surface area contributed by atoms with Crippen LogP contribution in [0.5, 0.6) is 0 Å². The van der Waals surface area contributed by atoms with Crippen molar-refractivity contribution in [3.05, 3.63) is 35.9 Å². The number of esters is 1. The topological polar surface area (TPSA) is 80.7 Å². The molecule has 0 saturated carbocycles. The molecule has 92 valence electrons. The van der Waals surface area contributed by atoms with E-state index in [1.165, 1.54) is 24.3 Å². The van der Waals surface area contributed by atoms with Gasteiger partial charge in [-0.2, -0.15) is 8.42 Å². The molecule has 0 unspecified atom stereocenters. The minimum Gasteiger partial charge on any atom is -0.463 e. The fourth-order valence-corrected chi connectivity index (χ4v) is 1.89. The van der Waals surface area contributed by atoms with E-state index in [2.05, 4.69) is 4.74 Å². The van der Waals surface area contributed by atoms with Crippen LogP contribution in [0.4, 0.5) is 0 Å². The molecule has 0 bridgehead atoms. The zero-order valence-corrected chi connectivity index (χ0v) is 9.98. The van der Waals surface area contributed by atoms with Crippen LogP contribution in [-0.4, -0.2) is 25.5 Å². The highest BCUT2D eigenvalue weighted by Crippen LogP contribution is 2.16. The van der Waals surface area contributed by atoms with Gasteiger partial charge in [0, 0.05) is 6.08 Å². The van der Waals surface area contributed by atoms with Crippen LogP contribution >= 0.6 is 0 Å². The summed E-state index contributed by atoms with van der Waals surface area (Å²) in [7, 11) is -4.30. The molecule has 1 aromatic carbocycles. The summed E-state index contributed by atoms with van der Waals surface area (Å²) in [6, 6.07) is 5.79. The smallest absolute Gasteiger partial charge is 0.330 e. The Morgan fingerprint density at radius 1 is 1.41 bits per heavy atom. The average molecular weight is 256 g/mol. The van der Waals surface area contributed by atoms with Gasteiger partial charge in [0.1, 0.15) is 4.90 Å². The van der Waals surface area contributed by atoms with Gasteiger partial charge < -0.3 is 4.74 Å². The Hall–Kier alpha value is -1.66. The van der Waals surface area contributed by atoms with Gasteiger partial charge in [-0.25, -0.2) is 4.79 Å². The number of hydrogen-bond acceptors (Lipinski definition) is 4. The zero-order chi connectivity index (χ0) is 12.9. The Balaban J connectivity index is 3.04. The second-order valence-electron chi connectivity index (χ2n) is 3.10. The lowest BCUT2D eigenvalue weighted by molar-refractivity contribution is -0.137. The highest BCUT2D eigenvalue weighted by molar-refractivity contribution is 7.85. The lowest BCUT2D eigenvalue weighted by Crippen LogP contribution is -2.02. The van der Waals surface area contributed by atoms with E-state index in [0.717, 1.165) is 6.08 Å². The summed E-state index contributed by atoms with van der Waals surface area (Å²) < 4.78 is 35.7. The summed E-state index contributed by atoms with van der Waals surface area (Å²) in [6.45, 7) is 1.90. The molecule has 0 atom stereocenters. The molecule has 17 heavy (non-hydrogen) atoms. The molecule has 0 spiro atoms. The van der Waals surface area contributed by atoms with E-state index in [1.807, 2.05) is 0 Å². The minimum absolute atomic E-state index is 0.225. The van der Waals surface area contributed by atoms with Crippen molar-refractivity contribution in [2.45, 2.75) is 11.8 Å². The van der Waals surface area contributed by atoms with E-state index in [9.17, 15) is 13.2 Å². The van der Waals surface area contributed by atoms with Crippen LogP contribution in [0.1, 0.15) is 12.5 Å². The summed E-state index contributed by atoms with van der Waals surface area (Å²) in [6.07, 6.45) is 2.38. The summed E-state index contributed by atoms with van der Waals surface area (Å²) in [5.41, 5.74) is 0.225. The predicted molar refractivity (Wildman–Crippen MR) is 61.9 cm³/mol. The summed E-state index contributed by atoms with van der Waals surface area (Å²) in [4.78, 5) is 10.8. The van der Waals surface area contributed by atoms with Crippen LogP contribution in [0.3, 0.4) is 0 Å². The first-order valence-electron chi connectivity index (χ1n) is 4.86. The van der Waals surface area contributed by atoms with Crippen LogP contribution in [0.2, 0.25) is 0 Å². The number of ether oxygens (including phenoxy) is 1. The second-order valence-corrected chi connectivity index (χ2v) is 4.49. The Labute approximate surface area is 99.5 Å². The van der Waals surface area contributed by atoms with Crippen molar-refractivity contribution < 1.29 is 22.5 Å². The van der Waals surface area contributed by atoms with Crippen LogP contribution in [-0.2, 0) is 19.6 Å². The predicted octanol–water partition coefficient (Wildman–Crippen LogP) is 1.51. The summed E-state index contributed by atoms with van der Waals surface area (Å²) in [5.74, 6) is -0.572. The lowest BCUT2D eigenvalue weighted by Gasteiger charge is -2.01. The normalized spacial score (nSPS) is 11.6. The van der Waals surface area contributed by atoms with Gasteiger partial charge in [-0.05, 0) is 24.6 Å². The highest BCUT2D eigenvalue weighted by Gasteiger charge is 2.12. The molecule has 6 heteroatoms. The van der Waals surface area contributed by atoms with E-state index >= 15 is 0 Å². The Morgan fingerprint density at radius 2 is 2.06 bits per heavy atom.